The lowest BCUT2D eigenvalue weighted by molar-refractivity contribution is -0.872. The molecule has 0 bridgehead atoms. The number of rotatable bonds is 15. The second-order valence-electron chi connectivity index (χ2n) is 9.07. The van der Waals surface area contributed by atoms with Crippen LogP contribution in [-0.2, 0) is 21.4 Å². The minimum atomic E-state index is -3.87. The molecule has 1 atom stereocenters. The number of carboxylic acid groups (broad SMARTS) is 1. The number of hydrogen-bond donors (Lipinski definition) is 2. The van der Waals surface area contributed by atoms with Gasteiger partial charge >= 0.3 is 16.2 Å². The first-order valence-electron chi connectivity index (χ1n) is 10.8. The van der Waals surface area contributed by atoms with Gasteiger partial charge in [-0.2, -0.15) is 12.7 Å². The number of nitrogens with zero attached hydrogens (tertiary/aromatic N) is 2. The third kappa shape index (κ3) is 10.4. The van der Waals surface area contributed by atoms with Crippen LogP contribution in [0.2, 0.25) is 0 Å². The van der Waals surface area contributed by atoms with Gasteiger partial charge in [-0.15, -0.1) is 0 Å². The van der Waals surface area contributed by atoms with Crippen molar-refractivity contribution in [2.75, 3.05) is 39.5 Å². The number of aryl methyl sites for hydroxylation is 1. The monoisotopic (exact) mass is 442 g/mol. The molecule has 0 heterocycles. The fourth-order valence-corrected chi connectivity index (χ4v) is 4.56. The standard InChI is InChI=1S/C22H39N3O4S/c1-6-7-8-9-10-11-13-19-14-12-15-20(16-19)23-30(28,29)24(2)21(17-22(26)27)18-25(3,4)5/h12,14-16,21,23H,6-11,13,17-18H2,1-5H3/p+1. The Balaban J connectivity index is 2.77. The summed E-state index contributed by atoms with van der Waals surface area (Å²) in [6.45, 7) is 2.60. The molecule has 8 heteroatoms. The Morgan fingerprint density at radius 2 is 1.77 bits per heavy atom. The van der Waals surface area contributed by atoms with E-state index in [1.807, 2.05) is 39.3 Å². The number of quaternary nitrogens is 1. The molecular formula is C22H40N3O4S+. The van der Waals surface area contributed by atoms with Gasteiger partial charge in [-0.1, -0.05) is 51.2 Å². The minimum Gasteiger partial charge on any atom is -0.481 e. The quantitative estimate of drug-likeness (QED) is 0.320. The molecule has 0 aromatic heterocycles. The van der Waals surface area contributed by atoms with Crippen molar-refractivity contribution in [2.24, 2.45) is 0 Å². The Morgan fingerprint density at radius 1 is 1.13 bits per heavy atom. The number of nitrogens with one attached hydrogen (secondary N) is 1. The first kappa shape index (κ1) is 26.4. The van der Waals surface area contributed by atoms with Crippen LogP contribution in [0, 0.1) is 0 Å². The molecule has 0 aliphatic rings. The molecule has 0 aliphatic carbocycles. The average Bonchev–Trinajstić information content (AvgIpc) is 2.62. The van der Waals surface area contributed by atoms with Gasteiger partial charge in [0.25, 0.3) is 0 Å². The summed E-state index contributed by atoms with van der Waals surface area (Å²) >= 11 is 0. The maximum atomic E-state index is 12.9. The van der Waals surface area contributed by atoms with E-state index < -0.39 is 22.2 Å². The largest absolute Gasteiger partial charge is 0.481 e. The SMILES string of the molecule is CCCCCCCCc1cccc(NS(=O)(=O)N(C)C(CC(=O)O)C[N+](C)(C)C)c1. The average molecular weight is 443 g/mol. The van der Waals surface area contributed by atoms with Crippen LogP contribution in [-0.4, -0.2) is 69.1 Å². The van der Waals surface area contributed by atoms with E-state index in [1.54, 1.807) is 6.07 Å². The summed E-state index contributed by atoms with van der Waals surface area (Å²) < 4.78 is 30.0. The van der Waals surface area contributed by atoms with Gasteiger partial charge in [-0.25, -0.2) is 0 Å². The molecule has 0 spiro atoms. The van der Waals surface area contributed by atoms with Gasteiger partial charge in [0.15, 0.2) is 0 Å². The number of hydrogen-bond acceptors (Lipinski definition) is 3. The summed E-state index contributed by atoms with van der Waals surface area (Å²) in [7, 11) is 3.30. The Labute approximate surface area is 182 Å². The predicted molar refractivity (Wildman–Crippen MR) is 123 cm³/mol. The van der Waals surface area contributed by atoms with Gasteiger partial charge < -0.3 is 9.59 Å². The molecule has 0 saturated heterocycles. The van der Waals surface area contributed by atoms with Crippen molar-refractivity contribution < 1.29 is 22.8 Å². The van der Waals surface area contributed by atoms with Crippen LogP contribution in [0.4, 0.5) is 5.69 Å². The van der Waals surface area contributed by atoms with E-state index in [9.17, 15) is 18.3 Å². The number of likely N-dealkylation sites (N-methyl/N-ethyl adjacent to an activating group) is 2. The molecule has 1 aromatic carbocycles. The molecular weight excluding hydrogens is 402 g/mol. The van der Waals surface area contributed by atoms with Gasteiger partial charge in [0.05, 0.1) is 45.8 Å². The Kier molecular flexibility index (Phi) is 10.8. The predicted octanol–water partition coefficient (Wildman–Crippen LogP) is 3.73. The lowest BCUT2D eigenvalue weighted by atomic mass is 10.0. The van der Waals surface area contributed by atoms with Crippen molar-refractivity contribution in [3.05, 3.63) is 29.8 Å². The topological polar surface area (TPSA) is 86.7 Å². The summed E-state index contributed by atoms with van der Waals surface area (Å²) in [5.74, 6) is -1.02. The third-order valence-corrected chi connectivity index (χ3v) is 6.60. The van der Waals surface area contributed by atoms with Crippen LogP contribution >= 0.6 is 0 Å². The number of carboxylic acids is 1. The lowest BCUT2D eigenvalue weighted by Gasteiger charge is -2.33. The molecule has 0 fully saturated rings. The van der Waals surface area contributed by atoms with Crippen LogP contribution in [0.25, 0.3) is 0 Å². The van der Waals surface area contributed by atoms with Gasteiger partial charge in [0.2, 0.25) is 0 Å². The van der Waals surface area contributed by atoms with E-state index in [-0.39, 0.29) is 6.42 Å². The number of anilines is 1. The fraction of sp³-hybridized carbons (Fsp3) is 0.682. The van der Waals surface area contributed by atoms with E-state index >= 15 is 0 Å². The van der Waals surface area contributed by atoms with Gasteiger partial charge in [0.1, 0.15) is 0 Å². The molecule has 0 aliphatic heterocycles. The minimum absolute atomic E-state index is 0.245. The summed E-state index contributed by atoms with van der Waals surface area (Å²) in [5.41, 5.74) is 1.60. The van der Waals surface area contributed by atoms with Crippen LogP contribution in [0.3, 0.4) is 0 Å². The molecule has 2 N–H and O–H groups in total. The summed E-state index contributed by atoms with van der Waals surface area (Å²) in [6.07, 6.45) is 7.96. The van der Waals surface area contributed by atoms with E-state index in [1.165, 1.54) is 39.2 Å². The van der Waals surface area contributed by atoms with Crippen LogP contribution < -0.4 is 4.72 Å². The molecule has 1 unspecified atom stereocenters. The van der Waals surface area contributed by atoms with Crippen LogP contribution in [0.5, 0.6) is 0 Å². The van der Waals surface area contributed by atoms with Crippen molar-refractivity contribution in [2.45, 2.75) is 64.3 Å². The third-order valence-electron chi connectivity index (χ3n) is 5.05. The van der Waals surface area contributed by atoms with E-state index in [0.717, 1.165) is 22.7 Å². The van der Waals surface area contributed by atoms with Crippen molar-refractivity contribution in [1.82, 2.24) is 4.31 Å². The normalized spacial score (nSPS) is 13.4. The molecule has 0 amide bonds. The number of unbranched alkanes of at least 4 members (excludes halogenated alkanes) is 5. The number of benzene rings is 1. The lowest BCUT2D eigenvalue weighted by Crippen LogP contribution is -2.51. The van der Waals surface area contributed by atoms with Crippen molar-refractivity contribution in [1.29, 1.82) is 0 Å². The maximum absolute atomic E-state index is 12.9. The first-order chi connectivity index (χ1) is 13.9. The highest BCUT2D eigenvalue weighted by molar-refractivity contribution is 7.90. The smallest absolute Gasteiger partial charge is 0.305 e. The van der Waals surface area contributed by atoms with Crippen molar-refractivity contribution in [3.8, 4) is 0 Å². The molecule has 1 rings (SSSR count). The highest BCUT2D eigenvalue weighted by Crippen LogP contribution is 2.18. The molecule has 0 radical (unpaired) electrons. The zero-order valence-electron chi connectivity index (χ0n) is 19.2. The highest BCUT2D eigenvalue weighted by Gasteiger charge is 2.32. The molecule has 0 saturated carbocycles. The van der Waals surface area contributed by atoms with Gasteiger partial charge in [0, 0.05) is 7.05 Å². The second-order valence-corrected chi connectivity index (χ2v) is 10.8. The molecule has 172 valence electrons. The van der Waals surface area contributed by atoms with Crippen LogP contribution in [0.15, 0.2) is 24.3 Å². The maximum Gasteiger partial charge on any atom is 0.305 e. The zero-order valence-corrected chi connectivity index (χ0v) is 20.0. The molecule has 7 nitrogen and oxygen atoms in total. The Morgan fingerprint density at radius 3 is 2.37 bits per heavy atom. The summed E-state index contributed by atoms with van der Waals surface area (Å²) in [5, 5.41) is 9.22. The number of aliphatic carboxylic acids is 1. The Bertz CT molecular complexity index is 760. The van der Waals surface area contributed by atoms with E-state index in [2.05, 4.69) is 11.6 Å². The fourth-order valence-electron chi connectivity index (χ4n) is 3.46. The van der Waals surface area contributed by atoms with Gasteiger partial charge in [-0.3, -0.25) is 9.52 Å². The van der Waals surface area contributed by atoms with E-state index in [4.69, 9.17) is 0 Å². The molecule has 1 aromatic rings. The number of carbonyl (C=O) groups is 1. The molecule has 30 heavy (non-hydrogen) atoms. The Hall–Kier alpha value is -1.64. The van der Waals surface area contributed by atoms with Crippen molar-refractivity contribution >= 4 is 21.9 Å². The van der Waals surface area contributed by atoms with E-state index in [0.29, 0.717) is 16.7 Å². The second kappa shape index (κ2) is 12.3. The summed E-state index contributed by atoms with van der Waals surface area (Å²) in [4.78, 5) is 11.3. The van der Waals surface area contributed by atoms with Gasteiger partial charge in [-0.05, 0) is 30.5 Å². The van der Waals surface area contributed by atoms with Crippen LogP contribution in [0.1, 0.15) is 57.4 Å². The zero-order chi connectivity index (χ0) is 22.8. The summed E-state index contributed by atoms with van der Waals surface area (Å²) in [6, 6.07) is 6.81. The highest BCUT2D eigenvalue weighted by atomic mass is 32.2. The van der Waals surface area contributed by atoms with Crippen molar-refractivity contribution in [3.63, 3.8) is 0 Å². The first-order valence-corrected chi connectivity index (χ1v) is 12.3.